The van der Waals surface area contributed by atoms with Crippen molar-refractivity contribution in [3.05, 3.63) is 132 Å². The van der Waals surface area contributed by atoms with E-state index < -0.39 is 115 Å². The number of hydrogen-bond acceptors (Lipinski definition) is 21. The van der Waals surface area contributed by atoms with Crippen LogP contribution >= 0.6 is 0 Å². The van der Waals surface area contributed by atoms with Crippen LogP contribution in [-0.2, 0) is 55.4 Å². The molecule has 0 bridgehead atoms. The van der Waals surface area contributed by atoms with Crippen LogP contribution < -0.4 is 5.43 Å². The van der Waals surface area contributed by atoms with Gasteiger partial charge in [-0.05, 0) is 96.1 Å². The number of aliphatic hydroxyl groups excluding tert-OH is 1. The van der Waals surface area contributed by atoms with Crippen LogP contribution in [-0.4, -0.2) is 86.6 Å². The summed E-state index contributed by atoms with van der Waals surface area (Å²) < 4.78 is 169. The number of hydrazone groups is 1. The summed E-state index contributed by atoms with van der Waals surface area (Å²) in [6, 6.07) is 16.5. The first-order chi connectivity index (χ1) is 32.1. The van der Waals surface area contributed by atoms with Gasteiger partial charge in [0.05, 0.1) is 22.0 Å². The van der Waals surface area contributed by atoms with E-state index >= 15 is 0 Å². The maximum atomic E-state index is 12.6. The smallest absolute Gasteiger partial charge is 0.296 e. The average Bonchev–Trinajstić information content (AvgIpc) is 3.26. The molecule has 0 unspecified atom stereocenters. The third-order valence-electron chi connectivity index (χ3n) is 8.82. The van der Waals surface area contributed by atoms with Gasteiger partial charge in [-0.3, -0.25) is 33.0 Å². The van der Waals surface area contributed by atoms with Gasteiger partial charge < -0.3 is 10.2 Å². The van der Waals surface area contributed by atoms with Gasteiger partial charge in [-0.25, -0.2) is 0 Å². The average molecular weight is 1050 g/mol. The highest BCUT2D eigenvalue weighted by molar-refractivity contribution is 7.87. The van der Waals surface area contributed by atoms with E-state index in [2.05, 4.69) is 41.2 Å². The lowest BCUT2D eigenvalue weighted by Crippen LogP contribution is -2.20. The Morgan fingerprint density at radius 1 is 0.464 bits per heavy atom. The van der Waals surface area contributed by atoms with E-state index in [0.29, 0.717) is 0 Å². The number of benzene rings is 5. The number of phenolic OH excluding ortho intramolecular Hbond substituents is 1. The van der Waals surface area contributed by atoms with E-state index in [1.54, 1.807) is 0 Å². The zero-order valence-electron chi connectivity index (χ0n) is 33.8. The molecule has 0 aromatic heterocycles. The van der Waals surface area contributed by atoms with Crippen molar-refractivity contribution in [1.29, 1.82) is 0 Å². The molecule has 26 nitrogen and oxygen atoms in total. The SMILES string of the molecule is O=C1C=CC(N=Nc2cc(S(=O)(=O)O)ccc2O)=C(O)/C1=N\Nc1ccc(/C=C/c2ccc(N=Nc3ccc(N=Nc4ccccc4S(=O)(=O)O)c(S(=O)(=O)O)c3)cc2S(=O)(=O)O)c(S(=O)(=O)O)c1. The Bertz CT molecular complexity index is 3780. The van der Waals surface area contributed by atoms with Crippen molar-refractivity contribution in [2.45, 2.75) is 24.5 Å². The van der Waals surface area contributed by atoms with Gasteiger partial charge in [0.25, 0.3) is 50.6 Å². The summed E-state index contributed by atoms with van der Waals surface area (Å²) in [5.41, 5.74) is -1.33. The number of aliphatic hydroxyl groups is 1. The molecule has 8 N–H and O–H groups in total. The number of ketones is 1. The predicted molar refractivity (Wildman–Crippen MR) is 240 cm³/mol. The number of azo groups is 3. The molecule has 0 saturated heterocycles. The van der Waals surface area contributed by atoms with E-state index in [4.69, 9.17) is 0 Å². The number of rotatable bonds is 15. The highest BCUT2D eigenvalue weighted by atomic mass is 32.2. The van der Waals surface area contributed by atoms with Crippen LogP contribution in [0.15, 0.2) is 181 Å². The molecule has 6 rings (SSSR count). The summed E-state index contributed by atoms with van der Waals surface area (Å²) in [5, 5.41) is 46.8. The highest BCUT2D eigenvalue weighted by Gasteiger charge is 2.24. The molecular formula is C38H28N8O18S5. The van der Waals surface area contributed by atoms with E-state index in [1.165, 1.54) is 24.3 Å². The fraction of sp³-hybridized carbons (Fsp3) is 0. The van der Waals surface area contributed by atoms with Crippen LogP contribution in [0.1, 0.15) is 11.1 Å². The monoisotopic (exact) mass is 1040 g/mol. The summed E-state index contributed by atoms with van der Waals surface area (Å²) in [4.78, 5) is 8.85. The van der Waals surface area contributed by atoms with Gasteiger partial charge in [0.2, 0.25) is 5.78 Å². The number of hydrogen-bond donors (Lipinski definition) is 8. The standard InChI is InChI=1S/C38H28N8O18S5/c47-31-15-12-26(65(50,51)52)20-30(31)45-44-29-14-16-32(48)37(38(29)49)46-41-24-10-8-22(35(18-24)68(59,60)61)6-5-21-7-9-23(17-34(21)67(56,57)58)39-40-25-11-13-28(36(19-25)69(62,63)64)43-42-27-3-1-2-4-33(27)66(53,54)55/h1-20,41,47,49H,(H,50,51,52)(H,53,54,55)(H,56,57,58)(H,59,60,61)(H,62,63,64)/b6-5+,40-39?,43-42?,45-44?,46-37-. The van der Waals surface area contributed by atoms with Crippen LogP contribution in [0.4, 0.5) is 34.1 Å². The Hall–Kier alpha value is -7.59. The maximum Gasteiger partial charge on any atom is 0.296 e. The number of carbonyl (C=O) groups excluding carboxylic acids is 1. The van der Waals surface area contributed by atoms with Crippen LogP contribution in [0.2, 0.25) is 0 Å². The number of phenols is 1. The molecule has 0 saturated carbocycles. The number of nitrogens with one attached hydrogen (secondary N) is 1. The summed E-state index contributed by atoms with van der Waals surface area (Å²) in [6.45, 7) is 0. The normalized spacial score (nSPS) is 14.9. The second kappa shape index (κ2) is 19.6. The van der Waals surface area contributed by atoms with Crippen molar-refractivity contribution < 1.29 is 79.9 Å². The molecule has 69 heavy (non-hydrogen) atoms. The summed E-state index contributed by atoms with van der Waals surface area (Å²) >= 11 is 0. The molecule has 1 aliphatic rings. The first-order valence-electron chi connectivity index (χ1n) is 18.2. The van der Waals surface area contributed by atoms with Crippen molar-refractivity contribution in [3.8, 4) is 5.75 Å². The van der Waals surface area contributed by atoms with E-state index in [0.717, 1.165) is 97.1 Å². The number of anilines is 1. The molecule has 0 radical (unpaired) electrons. The summed E-state index contributed by atoms with van der Waals surface area (Å²) in [6.07, 6.45) is 3.96. The van der Waals surface area contributed by atoms with Gasteiger partial charge in [0.1, 0.15) is 48.1 Å². The summed E-state index contributed by atoms with van der Waals surface area (Å²) in [5.74, 6) is -2.34. The minimum atomic E-state index is -5.07. The Kier molecular flexibility index (Phi) is 14.4. The fourth-order valence-electron chi connectivity index (χ4n) is 5.64. The lowest BCUT2D eigenvalue weighted by atomic mass is 10.1. The predicted octanol–water partition coefficient (Wildman–Crippen LogP) is 7.09. The Labute approximate surface area is 389 Å². The number of aromatic hydroxyl groups is 1. The zero-order valence-corrected chi connectivity index (χ0v) is 37.9. The van der Waals surface area contributed by atoms with E-state index in [-0.39, 0.29) is 33.9 Å². The van der Waals surface area contributed by atoms with Crippen LogP contribution in [0.3, 0.4) is 0 Å². The van der Waals surface area contributed by atoms with Gasteiger partial charge in [-0.15, -0.1) is 20.5 Å². The van der Waals surface area contributed by atoms with Crippen molar-refractivity contribution in [2.24, 2.45) is 35.8 Å². The molecule has 5 aromatic rings. The molecule has 1 aliphatic carbocycles. The van der Waals surface area contributed by atoms with Gasteiger partial charge in [0, 0.05) is 0 Å². The molecule has 0 spiro atoms. The third-order valence-corrected chi connectivity index (χ3v) is 13.3. The fourth-order valence-corrected chi connectivity index (χ4v) is 8.82. The number of allylic oxidation sites excluding steroid dienone is 3. The van der Waals surface area contributed by atoms with Crippen molar-refractivity contribution in [2.75, 3.05) is 5.43 Å². The first-order valence-corrected chi connectivity index (χ1v) is 25.4. The summed E-state index contributed by atoms with van der Waals surface area (Å²) in [7, 11) is -24.6. The zero-order chi connectivity index (χ0) is 50.7. The van der Waals surface area contributed by atoms with Gasteiger partial charge in [0.15, 0.2) is 11.5 Å². The van der Waals surface area contributed by atoms with Crippen LogP contribution in [0.5, 0.6) is 5.75 Å². The lowest BCUT2D eigenvalue weighted by Gasteiger charge is -2.11. The molecular weight excluding hydrogens is 1020 g/mol. The largest absolute Gasteiger partial charge is 0.506 e. The molecule has 31 heteroatoms. The maximum absolute atomic E-state index is 12.6. The molecule has 5 aromatic carbocycles. The van der Waals surface area contributed by atoms with E-state index in [9.17, 15) is 79.9 Å². The molecule has 0 heterocycles. The van der Waals surface area contributed by atoms with Crippen LogP contribution in [0, 0.1) is 0 Å². The quantitative estimate of drug-likeness (QED) is 0.0170. The van der Waals surface area contributed by atoms with Crippen LogP contribution in [0.25, 0.3) is 12.2 Å². The third kappa shape index (κ3) is 12.7. The van der Waals surface area contributed by atoms with E-state index in [1.807, 2.05) is 0 Å². The minimum Gasteiger partial charge on any atom is -0.506 e. The number of nitrogens with zero attached hydrogens (tertiary/aromatic N) is 7. The Balaban J connectivity index is 1.25. The Morgan fingerprint density at radius 3 is 1.58 bits per heavy atom. The molecule has 0 atom stereocenters. The molecule has 0 aliphatic heterocycles. The van der Waals surface area contributed by atoms with Gasteiger partial charge in [-0.1, -0.05) is 36.4 Å². The van der Waals surface area contributed by atoms with Gasteiger partial charge in [-0.2, -0.15) is 57.4 Å². The second-order valence-corrected chi connectivity index (χ2v) is 20.5. The topological polar surface area (TPSA) is 428 Å². The van der Waals surface area contributed by atoms with Crippen molar-refractivity contribution in [3.63, 3.8) is 0 Å². The molecule has 358 valence electrons. The lowest BCUT2D eigenvalue weighted by molar-refractivity contribution is -0.109. The number of carbonyl (C=O) groups is 1. The highest BCUT2D eigenvalue weighted by Crippen LogP contribution is 2.34. The van der Waals surface area contributed by atoms with Gasteiger partial charge >= 0.3 is 0 Å². The molecule has 0 fully saturated rings. The minimum absolute atomic E-state index is 0.199. The van der Waals surface area contributed by atoms with Crippen molar-refractivity contribution >= 4 is 108 Å². The molecule has 0 amide bonds. The first kappa shape index (κ1) is 50.8. The van der Waals surface area contributed by atoms with Crippen molar-refractivity contribution in [1.82, 2.24) is 0 Å². The Morgan fingerprint density at radius 2 is 0.986 bits per heavy atom. The second-order valence-electron chi connectivity index (χ2n) is 13.6.